The number of benzene rings is 2. The summed E-state index contributed by atoms with van der Waals surface area (Å²) in [6.45, 7) is 2.21. The molecule has 4 nitrogen and oxygen atoms in total. The van der Waals surface area contributed by atoms with Crippen LogP contribution in [0.2, 0.25) is 0 Å². The van der Waals surface area contributed by atoms with E-state index in [1.54, 1.807) is 12.1 Å². The number of carbonyl (C=O) groups excluding carboxylic acids is 1. The van der Waals surface area contributed by atoms with Crippen molar-refractivity contribution in [2.45, 2.75) is 18.9 Å². The van der Waals surface area contributed by atoms with Gasteiger partial charge < -0.3 is 10.2 Å². The molecule has 1 amide bonds. The number of likely N-dealkylation sites (tertiary alicyclic amines) is 1. The van der Waals surface area contributed by atoms with Crippen LogP contribution in [0.4, 0.5) is 11.4 Å². The number of piperidine rings is 1. The van der Waals surface area contributed by atoms with Crippen LogP contribution >= 0.6 is 36.6 Å². The summed E-state index contributed by atoms with van der Waals surface area (Å²) in [5.41, 5.74) is 2.23. The molecule has 26 heavy (non-hydrogen) atoms. The highest BCUT2D eigenvalue weighted by Crippen LogP contribution is 2.25. The van der Waals surface area contributed by atoms with E-state index in [0.29, 0.717) is 17.3 Å². The second kappa shape index (κ2) is 10.6. The highest BCUT2D eigenvalue weighted by molar-refractivity contribution is 6.39. The molecular weight excluding hydrogens is 393 g/mol. The van der Waals surface area contributed by atoms with E-state index < -0.39 is 0 Å². The van der Waals surface area contributed by atoms with Crippen LogP contribution in [-0.4, -0.2) is 37.0 Å². The minimum Gasteiger partial charge on any atom is -0.382 e. The van der Waals surface area contributed by atoms with Crippen molar-refractivity contribution in [2.24, 2.45) is 0 Å². The van der Waals surface area contributed by atoms with Crippen LogP contribution in [0.15, 0.2) is 54.6 Å². The van der Waals surface area contributed by atoms with Crippen molar-refractivity contribution in [3.63, 3.8) is 0 Å². The smallest absolute Gasteiger partial charge is 0.272 e. The first kappa shape index (κ1) is 22.6. The maximum absolute atomic E-state index is 12.5. The van der Waals surface area contributed by atoms with Crippen molar-refractivity contribution < 1.29 is 4.79 Å². The zero-order valence-electron chi connectivity index (χ0n) is 14.6. The predicted molar refractivity (Wildman–Crippen MR) is 114 cm³/mol. The van der Waals surface area contributed by atoms with E-state index in [2.05, 4.69) is 17.3 Å². The molecule has 0 bridgehead atoms. The second-order valence-corrected chi connectivity index (χ2v) is 6.56. The summed E-state index contributed by atoms with van der Waals surface area (Å²) in [4.78, 5) is 14.8. The summed E-state index contributed by atoms with van der Waals surface area (Å²) >= 11 is 6.27. The molecule has 1 N–H and O–H groups in total. The van der Waals surface area contributed by atoms with E-state index in [1.165, 1.54) is 4.42 Å². The average Bonchev–Trinajstić information content (AvgIpc) is 2.63. The molecule has 2 aromatic carbocycles. The quantitative estimate of drug-likeness (QED) is 0.725. The molecule has 0 radical (unpaired) electrons. The summed E-state index contributed by atoms with van der Waals surface area (Å²) in [7, 11) is 2.15. The number of hydrogen-bond acceptors (Lipinski definition) is 3. The molecule has 7 heteroatoms. The molecule has 0 aliphatic carbocycles. The lowest BCUT2D eigenvalue weighted by atomic mass is 10.1. The molecule has 0 unspecified atom stereocenters. The van der Waals surface area contributed by atoms with Crippen molar-refractivity contribution in [3.8, 4) is 0 Å². The van der Waals surface area contributed by atoms with E-state index in [0.717, 1.165) is 31.6 Å². The zero-order valence-corrected chi connectivity index (χ0v) is 17.0. The summed E-state index contributed by atoms with van der Waals surface area (Å²) in [6, 6.07) is 17.2. The van der Waals surface area contributed by atoms with Gasteiger partial charge in [0, 0.05) is 29.1 Å². The first-order valence-corrected chi connectivity index (χ1v) is 8.58. The van der Waals surface area contributed by atoms with Gasteiger partial charge in [-0.05, 0) is 63.3 Å². The second-order valence-electron chi connectivity index (χ2n) is 6.22. The van der Waals surface area contributed by atoms with Crippen molar-refractivity contribution in [2.75, 3.05) is 29.9 Å². The Balaban J connectivity index is 0.00000169. The van der Waals surface area contributed by atoms with Crippen molar-refractivity contribution in [1.29, 1.82) is 0 Å². The third kappa shape index (κ3) is 5.78. The molecular formula is C19H24Cl3N3O. The van der Waals surface area contributed by atoms with E-state index >= 15 is 0 Å². The van der Waals surface area contributed by atoms with Crippen LogP contribution in [0.5, 0.6) is 0 Å². The zero-order chi connectivity index (χ0) is 16.9. The Morgan fingerprint density at radius 3 is 2.38 bits per heavy atom. The Morgan fingerprint density at radius 1 is 1.08 bits per heavy atom. The van der Waals surface area contributed by atoms with Gasteiger partial charge in [-0.15, -0.1) is 24.8 Å². The van der Waals surface area contributed by atoms with Crippen LogP contribution in [0, 0.1) is 0 Å². The fourth-order valence-corrected chi connectivity index (χ4v) is 3.12. The normalized spacial score (nSPS) is 14.7. The van der Waals surface area contributed by atoms with Crippen LogP contribution in [0.25, 0.3) is 0 Å². The topological polar surface area (TPSA) is 35.6 Å². The van der Waals surface area contributed by atoms with Gasteiger partial charge in [0.15, 0.2) is 0 Å². The van der Waals surface area contributed by atoms with Crippen LogP contribution in [-0.2, 0) is 0 Å². The first-order chi connectivity index (χ1) is 11.6. The third-order valence-electron chi connectivity index (χ3n) is 4.36. The Bertz CT molecular complexity index is 691. The van der Waals surface area contributed by atoms with Gasteiger partial charge >= 0.3 is 0 Å². The highest BCUT2D eigenvalue weighted by Gasteiger charge is 2.18. The summed E-state index contributed by atoms with van der Waals surface area (Å²) in [5.74, 6) is -0.228. The number of rotatable bonds is 4. The number of carbonyl (C=O) groups is 1. The minimum atomic E-state index is -0.228. The standard InChI is InChI=1S/C19H22ClN3O.2ClH/c1-22-12-10-16(11-13-22)21-17-8-5-9-18(14-17)23(20)19(24)15-6-3-2-4-7-15;;/h2-9,14,16,21H,10-13H2,1H3;2*1H. The van der Waals surface area contributed by atoms with Gasteiger partial charge in [-0.1, -0.05) is 24.3 Å². The molecule has 1 aliphatic heterocycles. The highest BCUT2D eigenvalue weighted by atomic mass is 35.5. The molecule has 0 saturated carbocycles. The molecule has 142 valence electrons. The first-order valence-electron chi connectivity index (χ1n) is 8.24. The molecule has 0 spiro atoms. The Labute approximate surface area is 172 Å². The largest absolute Gasteiger partial charge is 0.382 e. The Kier molecular flexibility index (Phi) is 9.23. The lowest BCUT2D eigenvalue weighted by Crippen LogP contribution is -2.36. The fourth-order valence-electron chi connectivity index (χ4n) is 2.92. The van der Waals surface area contributed by atoms with E-state index in [9.17, 15) is 4.79 Å². The molecule has 1 saturated heterocycles. The predicted octanol–water partition coefficient (Wildman–Crippen LogP) is 4.84. The molecule has 1 heterocycles. The molecule has 1 aliphatic rings. The molecule has 2 aromatic rings. The maximum atomic E-state index is 12.5. The minimum absolute atomic E-state index is 0. The van der Waals surface area contributed by atoms with Gasteiger partial charge in [-0.2, -0.15) is 0 Å². The molecule has 3 rings (SSSR count). The summed E-state index contributed by atoms with van der Waals surface area (Å²) < 4.78 is 1.18. The number of nitrogens with one attached hydrogen (secondary N) is 1. The molecule has 0 aromatic heterocycles. The van der Waals surface area contributed by atoms with Crippen molar-refractivity contribution in [3.05, 3.63) is 60.2 Å². The number of hydrogen-bond donors (Lipinski definition) is 1. The monoisotopic (exact) mass is 415 g/mol. The Hall–Kier alpha value is -1.46. The van der Waals surface area contributed by atoms with E-state index in [4.69, 9.17) is 11.8 Å². The molecule has 1 fully saturated rings. The summed E-state index contributed by atoms with van der Waals surface area (Å²) in [5, 5.41) is 3.55. The summed E-state index contributed by atoms with van der Waals surface area (Å²) in [6.07, 6.45) is 2.24. The SMILES string of the molecule is CN1CCC(Nc2cccc(N(Cl)C(=O)c3ccccc3)c2)CC1.Cl.Cl. The van der Waals surface area contributed by atoms with Crippen LogP contribution in [0.3, 0.4) is 0 Å². The number of halogens is 3. The van der Waals surface area contributed by atoms with Gasteiger partial charge in [0.1, 0.15) is 0 Å². The maximum Gasteiger partial charge on any atom is 0.272 e. The molecule has 0 atom stereocenters. The van der Waals surface area contributed by atoms with Gasteiger partial charge in [0.25, 0.3) is 5.91 Å². The fraction of sp³-hybridized carbons (Fsp3) is 0.316. The van der Waals surface area contributed by atoms with E-state index in [1.807, 2.05) is 42.5 Å². The van der Waals surface area contributed by atoms with Gasteiger partial charge in [-0.3, -0.25) is 4.79 Å². The average molecular weight is 417 g/mol. The third-order valence-corrected chi connectivity index (χ3v) is 4.71. The van der Waals surface area contributed by atoms with Crippen LogP contribution in [0.1, 0.15) is 23.2 Å². The lowest BCUT2D eigenvalue weighted by Gasteiger charge is -2.30. The van der Waals surface area contributed by atoms with Crippen molar-refractivity contribution >= 4 is 53.9 Å². The lowest BCUT2D eigenvalue weighted by molar-refractivity contribution is 0.101. The number of amides is 1. The van der Waals surface area contributed by atoms with Gasteiger partial charge in [-0.25, -0.2) is 4.42 Å². The van der Waals surface area contributed by atoms with Gasteiger partial charge in [0.2, 0.25) is 0 Å². The van der Waals surface area contributed by atoms with Gasteiger partial charge in [0.05, 0.1) is 5.69 Å². The van der Waals surface area contributed by atoms with E-state index in [-0.39, 0.29) is 30.7 Å². The number of anilines is 2. The number of nitrogens with zero attached hydrogens (tertiary/aromatic N) is 2. The van der Waals surface area contributed by atoms with Crippen LogP contribution < -0.4 is 9.74 Å². The Morgan fingerprint density at radius 2 is 1.73 bits per heavy atom. The van der Waals surface area contributed by atoms with Crippen molar-refractivity contribution in [1.82, 2.24) is 4.90 Å².